The van der Waals surface area contributed by atoms with Crippen LogP contribution in [0, 0.1) is 0 Å². The summed E-state index contributed by atoms with van der Waals surface area (Å²) in [5.74, 6) is 0.673. The third-order valence-electron chi connectivity index (χ3n) is 1.26. The molecular weight excluding hydrogens is 196 g/mol. The van der Waals surface area contributed by atoms with Gasteiger partial charge in [0.1, 0.15) is 16.5 Å². The van der Waals surface area contributed by atoms with E-state index in [1.54, 1.807) is 11.5 Å². The largest absolute Gasteiger partial charge is 0.385 e. The molecule has 0 amide bonds. The Morgan fingerprint density at radius 3 is 2.60 bits per heavy atom. The lowest BCUT2D eigenvalue weighted by molar-refractivity contribution is 0.185. The highest BCUT2D eigenvalue weighted by molar-refractivity contribution is 9.10. The minimum Gasteiger partial charge on any atom is -0.385 e. The zero-order chi connectivity index (χ0) is 7.72. The molecule has 0 spiro atoms. The average Bonchev–Trinajstić information content (AvgIpc) is 2.10. The summed E-state index contributed by atoms with van der Waals surface area (Å²) in [6.45, 7) is 1.69. The van der Waals surface area contributed by atoms with E-state index in [2.05, 4.69) is 20.9 Å². The lowest BCUT2D eigenvalue weighted by atomic mass is 10.4. The number of aryl methyl sites for hydroxylation is 1. The zero-order valence-electron chi connectivity index (χ0n) is 5.87. The molecule has 0 saturated heterocycles. The molecule has 3 nitrogen and oxygen atoms in total. The van der Waals surface area contributed by atoms with Gasteiger partial charge >= 0.3 is 0 Å². The van der Waals surface area contributed by atoms with E-state index < -0.39 is 6.10 Å². The molecule has 0 aliphatic heterocycles. The van der Waals surface area contributed by atoms with Crippen molar-refractivity contribution in [1.29, 1.82) is 0 Å². The Hall–Kier alpha value is -0.350. The molecule has 0 aliphatic carbocycles. The lowest BCUT2D eigenvalue weighted by Gasteiger charge is -2.01. The van der Waals surface area contributed by atoms with Gasteiger partial charge in [0.15, 0.2) is 0 Å². The molecule has 4 heteroatoms. The molecule has 0 saturated carbocycles. The molecule has 1 atom stereocenters. The van der Waals surface area contributed by atoms with Gasteiger partial charge in [-0.1, -0.05) is 0 Å². The Labute approximate surface area is 67.8 Å². The van der Waals surface area contributed by atoms with Crippen molar-refractivity contribution in [2.24, 2.45) is 7.05 Å². The molecule has 0 aliphatic rings. The molecular formula is C6H9BrN2O. The van der Waals surface area contributed by atoms with Crippen LogP contribution in [0.25, 0.3) is 0 Å². The Balaban J connectivity index is 3.03. The summed E-state index contributed by atoms with van der Waals surface area (Å²) in [6.07, 6.45) is 1.30. The smallest absolute Gasteiger partial charge is 0.138 e. The maximum atomic E-state index is 9.11. The van der Waals surface area contributed by atoms with Crippen molar-refractivity contribution in [1.82, 2.24) is 9.55 Å². The molecule has 1 N–H and O–H groups in total. The number of imidazole rings is 1. The van der Waals surface area contributed by atoms with Crippen molar-refractivity contribution >= 4 is 15.9 Å². The lowest BCUT2D eigenvalue weighted by Crippen LogP contribution is -2.00. The Bertz CT molecular complexity index is 232. The van der Waals surface area contributed by atoms with Crippen molar-refractivity contribution < 1.29 is 5.11 Å². The van der Waals surface area contributed by atoms with E-state index in [9.17, 15) is 0 Å². The van der Waals surface area contributed by atoms with E-state index in [0.717, 1.165) is 4.60 Å². The maximum absolute atomic E-state index is 9.11. The van der Waals surface area contributed by atoms with Gasteiger partial charge in [-0.3, -0.25) is 0 Å². The molecule has 1 aromatic rings. The van der Waals surface area contributed by atoms with Crippen molar-refractivity contribution in [3.05, 3.63) is 16.6 Å². The minimum absolute atomic E-state index is 0.503. The molecule has 56 valence electrons. The van der Waals surface area contributed by atoms with Gasteiger partial charge in [-0.15, -0.1) is 0 Å². The van der Waals surface area contributed by atoms with Crippen LogP contribution >= 0.6 is 15.9 Å². The SMILES string of the molecule is C[C@@H](O)c1nc(Br)cn1C. The second kappa shape index (κ2) is 2.72. The number of hydrogen-bond acceptors (Lipinski definition) is 2. The summed E-state index contributed by atoms with van der Waals surface area (Å²) in [7, 11) is 1.85. The summed E-state index contributed by atoms with van der Waals surface area (Å²) >= 11 is 3.21. The standard InChI is InChI=1S/C6H9BrN2O/c1-4(10)6-8-5(7)3-9(6)2/h3-4,10H,1-2H3/t4-/m1/s1. The second-order valence-corrected chi connectivity index (χ2v) is 3.02. The quantitative estimate of drug-likeness (QED) is 0.748. The number of rotatable bonds is 1. The molecule has 10 heavy (non-hydrogen) atoms. The fourth-order valence-electron chi connectivity index (χ4n) is 0.831. The number of aliphatic hydroxyl groups is 1. The van der Waals surface area contributed by atoms with Crippen molar-refractivity contribution in [2.45, 2.75) is 13.0 Å². The molecule has 0 fully saturated rings. The van der Waals surface area contributed by atoms with Crippen LogP contribution in [-0.4, -0.2) is 14.7 Å². The van der Waals surface area contributed by atoms with Crippen molar-refractivity contribution in [2.75, 3.05) is 0 Å². The summed E-state index contributed by atoms with van der Waals surface area (Å²) in [5, 5.41) is 9.11. The van der Waals surface area contributed by atoms with Gasteiger partial charge in [0.25, 0.3) is 0 Å². The van der Waals surface area contributed by atoms with Gasteiger partial charge in [0.05, 0.1) is 0 Å². The first-order valence-electron chi connectivity index (χ1n) is 2.98. The van der Waals surface area contributed by atoms with E-state index in [0.29, 0.717) is 5.82 Å². The topological polar surface area (TPSA) is 38.1 Å². The number of aliphatic hydroxyl groups excluding tert-OH is 1. The molecule has 1 aromatic heterocycles. The Morgan fingerprint density at radius 1 is 1.80 bits per heavy atom. The number of hydrogen-bond donors (Lipinski definition) is 1. The summed E-state index contributed by atoms with van der Waals surface area (Å²) < 4.78 is 2.54. The molecule has 0 radical (unpaired) electrons. The normalized spacial score (nSPS) is 13.6. The third kappa shape index (κ3) is 1.38. The second-order valence-electron chi connectivity index (χ2n) is 2.21. The maximum Gasteiger partial charge on any atom is 0.138 e. The first kappa shape index (κ1) is 7.75. The van der Waals surface area contributed by atoms with Crippen LogP contribution in [0.2, 0.25) is 0 Å². The fraction of sp³-hybridized carbons (Fsp3) is 0.500. The van der Waals surface area contributed by atoms with Gasteiger partial charge in [0, 0.05) is 13.2 Å². The summed E-state index contributed by atoms with van der Waals surface area (Å²) in [5.41, 5.74) is 0. The van der Waals surface area contributed by atoms with Crippen LogP contribution in [0.3, 0.4) is 0 Å². The van der Waals surface area contributed by atoms with Crippen LogP contribution < -0.4 is 0 Å². The van der Waals surface area contributed by atoms with Crippen molar-refractivity contribution in [3.63, 3.8) is 0 Å². The highest BCUT2D eigenvalue weighted by Gasteiger charge is 2.07. The van der Waals surface area contributed by atoms with Crippen LogP contribution in [0.4, 0.5) is 0 Å². The predicted molar refractivity (Wildman–Crippen MR) is 41.5 cm³/mol. The average molecular weight is 205 g/mol. The van der Waals surface area contributed by atoms with E-state index >= 15 is 0 Å². The van der Waals surface area contributed by atoms with Gasteiger partial charge in [-0.25, -0.2) is 4.98 Å². The minimum atomic E-state index is -0.503. The fourth-order valence-corrected chi connectivity index (χ4v) is 1.32. The molecule has 0 unspecified atom stereocenters. The van der Waals surface area contributed by atoms with Gasteiger partial charge in [0.2, 0.25) is 0 Å². The number of nitrogens with zero attached hydrogens (tertiary/aromatic N) is 2. The van der Waals surface area contributed by atoms with Gasteiger partial charge in [-0.05, 0) is 22.9 Å². The van der Waals surface area contributed by atoms with Crippen LogP contribution in [0.15, 0.2) is 10.8 Å². The van der Waals surface area contributed by atoms with Crippen LogP contribution in [0.5, 0.6) is 0 Å². The predicted octanol–water partition coefficient (Wildman–Crippen LogP) is 1.24. The Morgan fingerprint density at radius 2 is 2.40 bits per heavy atom. The van der Waals surface area contributed by atoms with E-state index in [1.807, 2.05) is 13.2 Å². The number of aromatic nitrogens is 2. The monoisotopic (exact) mass is 204 g/mol. The van der Waals surface area contributed by atoms with E-state index in [4.69, 9.17) is 5.11 Å². The first-order valence-corrected chi connectivity index (χ1v) is 3.77. The first-order chi connectivity index (χ1) is 4.61. The van der Waals surface area contributed by atoms with E-state index in [1.165, 1.54) is 0 Å². The number of halogens is 1. The molecule has 1 heterocycles. The molecule has 0 aromatic carbocycles. The van der Waals surface area contributed by atoms with Gasteiger partial charge < -0.3 is 9.67 Å². The molecule has 1 rings (SSSR count). The van der Waals surface area contributed by atoms with Gasteiger partial charge in [-0.2, -0.15) is 0 Å². The van der Waals surface area contributed by atoms with Crippen molar-refractivity contribution in [3.8, 4) is 0 Å². The highest BCUT2D eigenvalue weighted by Crippen LogP contribution is 2.13. The summed E-state index contributed by atoms with van der Waals surface area (Å²) in [4.78, 5) is 4.04. The summed E-state index contributed by atoms with van der Waals surface area (Å²) in [6, 6.07) is 0. The van der Waals surface area contributed by atoms with E-state index in [-0.39, 0.29) is 0 Å². The Kier molecular flexibility index (Phi) is 2.11. The molecule has 0 bridgehead atoms. The van der Waals surface area contributed by atoms with Crippen LogP contribution in [-0.2, 0) is 7.05 Å². The zero-order valence-corrected chi connectivity index (χ0v) is 7.46. The highest BCUT2D eigenvalue weighted by atomic mass is 79.9. The van der Waals surface area contributed by atoms with Crippen LogP contribution in [0.1, 0.15) is 18.9 Å². The third-order valence-corrected chi connectivity index (χ3v) is 1.64.